The molecule has 0 heterocycles. The molecule has 0 atom stereocenters. The monoisotopic (exact) mass is 338 g/mol. The molecular weight excluding hydrogens is 331 g/mol. The Morgan fingerprint density at radius 3 is 2.71 bits per heavy atom. The average Bonchev–Trinajstić information content (AvgIpc) is 2.15. The molecule has 0 radical (unpaired) electrons. The van der Waals surface area contributed by atoms with Crippen LogP contribution in [0.5, 0.6) is 0 Å². The van der Waals surface area contributed by atoms with E-state index < -0.39 is 0 Å². The Bertz CT molecular complexity index is 363. The number of rotatable bonds is 3. The van der Waals surface area contributed by atoms with Gasteiger partial charge in [-0.15, -0.1) is 0 Å². The van der Waals surface area contributed by atoms with Crippen LogP contribution in [0.15, 0.2) is 23.2 Å². The highest BCUT2D eigenvalue weighted by Gasteiger charge is 2.11. The van der Waals surface area contributed by atoms with Gasteiger partial charge in [-0.25, -0.2) is 0 Å². The summed E-state index contributed by atoms with van der Waals surface area (Å²) in [4.78, 5) is 0. The molecule has 0 saturated carbocycles. The van der Waals surface area contributed by atoms with Crippen molar-refractivity contribution in [2.24, 2.45) is 0 Å². The van der Waals surface area contributed by atoms with Crippen molar-refractivity contribution in [3.05, 3.63) is 39.3 Å². The second-order valence-corrected chi connectivity index (χ2v) is 4.57. The fraction of sp³-hybridized carbons (Fsp3) is 0.200. The van der Waals surface area contributed by atoms with Gasteiger partial charge in [-0.1, -0.05) is 50.0 Å². The molecule has 0 unspecified atom stereocenters. The minimum absolute atomic E-state index is 0.581. The van der Waals surface area contributed by atoms with Gasteiger partial charge in [0.15, 0.2) is 0 Å². The van der Waals surface area contributed by atoms with Gasteiger partial charge in [-0.3, -0.25) is 0 Å². The van der Waals surface area contributed by atoms with Crippen molar-refractivity contribution in [3.8, 4) is 0 Å². The van der Waals surface area contributed by atoms with Crippen LogP contribution in [0.2, 0.25) is 5.02 Å². The molecule has 1 aromatic rings. The molecule has 0 spiro atoms. The summed E-state index contributed by atoms with van der Waals surface area (Å²) >= 11 is 12.9. The molecule has 0 aliphatic rings. The van der Waals surface area contributed by atoms with Gasteiger partial charge in [0.25, 0.3) is 0 Å². The molecule has 0 bridgehead atoms. The number of alkyl halides is 1. The van der Waals surface area contributed by atoms with Gasteiger partial charge in [0.05, 0.1) is 12.1 Å². The highest BCUT2D eigenvalue weighted by atomic mass is 79.9. The van der Waals surface area contributed by atoms with E-state index in [0.717, 1.165) is 15.6 Å². The van der Waals surface area contributed by atoms with Crippen LogP contribution in [0.4, 0.5) is 0 Å². The minimum atomic E-state index is 0.581. The van der Waals surface area contributed by atoms with Gasteiger partial charge in [-0.05, 0) is 17.7 Å². The average molecular weight is 340 g/mol. The summed E-state index contributed by atoms with van der Waals surface area (Å²) in [5.74, 6) is 0.581. The molecule has 0 aromatic heterocycles. The first kappa shape index (κ1) is 12.1. The van der Waals surface area contributed by atoms with Crippen molar-refractivity contribution < 1.29 is 4.74 Å². The summed E-state index contributed by atoms with van der Waals surface area (Å²) in [6.07, 6.45) is 0. The zero-order chi connectivity index (χ0) is 10.7. The number of ether oxygens (including phenoxy) is 1. The van der Waals surface area contributed by atoms with E-state index in [0.29, 0.717) is 16.1 Å². The molecule has 0 N–H and O–H groups in total. The van der Waals surface area contributed by atoms with E-state index in [1.54, 1.807) is 7.11 Å². The Kier molecular flexibility index (Phi) is 4.48. The molecule has 0 fully saturated rings. The first-order valence-electron chi connectivity index (χ1n) is 3.87. The third-order valence-electron chi connectivity index (χ3n) is 1.81. The van der Waals surface area contributed by atoms with Crippen molar-refractivity contribution in [1.82, 2.24) is 0 Å². The van der Waals surface area contributed by atoms with Gasteiger partial charge in [0.2, 0.25) is 0 Å². The number of halogens is 3. The summed E-state index contributed by atoms with van der Waals surface area (Å²) in [5, 5.41) is 1.35. The standard InChI is InChI=1S/C10H9Br2ClO/c1-6(14-2)10-7(5-11)3-8(12)4-9(10)13/h3-4H,1,5H2,2H3. The summed E-state index contributed by atoms with van der Waals surface area (Å²) < 4.78 is 6.03. The number of methoxy groups -OCH3 is 1. The van der Waals surface area contributed by atoms with Crippen molar-refractivity contribution in [2.45, 2.75) is 5.33 Å². The Balaban J connectivity index is 3.32. The predicted molar refractivity (Wildman–Crippen MR) is 67.8 cm³/mol. The maximum Gasteiger partial charge on any atom is 0.120 e. The van der Waals surface area contributed by atoms with Crippen molar-refractivity contribution in [2.75, 3.05) is 7.11 Å². The molecule has 76 valence electrons. The van der Waals surface area contributed by atoms with E-state index in [-0.39, 0.29) is 0 Å². The molecule has 0 aliphatic carbocycles. The molecule has 14 heavy (non-hydrogen) atoms. The second kappa shape index (κ2) is 5.19. The molecule has 1 rings (SSSR count). The number of benzene rings is 1. The number of hydrogen-bond donors (Lipinski definition) is 0. The predicted octanol–water partition coefficient (Wildman–Crippen LogP) is 4.61. The van der Waals surface area contributed by atoms with Gasteiger partial charge < -0.3 is 4.74 Å². The van der Waals surface area contributed by atoms with Gasteiger partial charge >= 0.3 is 0 Å². The Morgan fingerprint density at radius 2 is 2.21 bits per heavy atom. The van der Waals surface area contributed by atoms with Crippen molar-refractivity contribution in [3.63, 3.8) is 0 Å². The summed E-state index contributed by atoms with van der Waals surface area (Å²) in [5.41, 5.74) is 1.91. The maximum absolute atomic E-state index is 6.10. The Hall–Kier alpha value is 0.01000. The summed E-state index contributed by atoms with van der Waals surface area (Å²) in [6, 6.07) is 3.81. The Labute approximate surface area is 105 Å². The SMILES string of the molecule is C=C(OC)c1c(Cl)cc(Br)cc1CBr. The maximum atomic E-state index is 6.10. The van der Waals surface area contributed by atoms with Gasteiger partial charge in [0.1, 0.15) is 5.76 Å². The van der Waals surface area contributed by atoms with Crippen molar-refractivity contribution in [1.29, 1.82) is 0 Å². The van der Waals surface area contributed by atoms with E-state index in [9.17, 15) is 0 Å². The van der Waals surface area contributed by atoms with Gasteiger partial charge in [0, 0.05) is 15.4 Å². The summed E-state index contributed by atoms with van der Waals surface area (Å²) in [7, 11) is 1.58. The van der Waals surface area contributed by atoms with Crippen LogP contribution in [0.1, 0.15) is 11.1 Å². The molecule has 0 saturated heterocycles. The molecule has 4 heteroatoms. The van der Waals surface area contributed by atoms with E-state index in [4.69, 9.17) is 16.3 Å². The van der Waals surface area contributed by atoms with E-state index >= 15 is 0 Å². The van der Waals surface area contributed by atoms with Crippen LogP contribution in [-0.4, -0.2) is 7.11 Å². The lowest BCUT2D eigenvalue weighted by molar-refractivity contribution is 0.371. The molecule has 0 aliphatic heterocycles. The van der Waals surface area contributed by atoms with E-state index in [1.165, 1.54) is 0 Å². The lowest BCUT2D eigenvalue weighted by Crippen LogP contribution is -1.94. The van der Waals surface area contributed by atoms with Crippen LogP contribution in [0.3, 0.4) is 0 Å². The minimum Gasteiger partial charge on any atom is -0.497 e. The van der Waals surface area contributed by atoms with Crippen LogP contribution >= 0.6 is 43.5 Å². The normalized spacial score (nSPS) is 10.0. The third kappa shape index (κ3) is 2.53. The molecule has 1 nitrogen and oxygen atoms in total. The third-order valence-corrected chi connectivity index (χ3v) is 3.17. The highest BCUT2D eigenvalue weighted by Crippen LogP contribution is 2.31. The largest absolute Gasteiger partial charge is 0.497 e. The van der Waals surface area contributed by atoms with Crippen LogP contribution in [0, 0.1) is 0 Å². The molecule has 1 aromatic carbocycles. The first-order valence-corrected chi connectivity index (χ1v) is 6.16. The first-order chi connectivity index (χ1) is 6.60. The highest BCUT2D eigenvalue weighted by molar-refractivity contribution is 9.10. The lowest BCUT2D eigenvalue weighted by atomic mass is 10.1. The van der Waals surface area contributed by atoms with Crippen LogP contribution in [-0.2, 0) is 10.1 Å². The quantitative estimate of drug-likeness (QED) is 0.576. The van der Waals surface area contributed by atoms with E-state index in [1.807, 2.05) is 12.1 Å². The van der Waals surface area contributed by atoms with Crippen molar-refractivity contribution >= 4 is 49.2 Å². The zero-order valence-electron chi connectivity index (χ0n) is 7.61. The fourth-order valence-electron chi connectivity index (χ4n) is 1.15. The second-order valence-electron chi connectivity index (χ2n) is 2.68. The van der Waals surface area contributed by atoms with Crippen LogP contribution < -0.4 is 0 Å². The molecular formula is C10H9Br2ClO. The van der Waals surface area contributed by atoms with E-state index in [2.05, 4.69) is 38.4 Å². The fourth-order valence-corrected chi connectivity index (χ4v) is 2.57. The van der Waals surface area contributed by atoms with Gasteiger partial charge in [-0.2, -0.15) is 0 Å². The molecule has 0 amide bonds. The summed E-state index contributed by atoms with van der Waals surface area (Å²) in [6.45, 7) is 3.80. The lowest BCUT2D eigenvalue weighted by Gasteiger charge is -2.11. The topological polar surface area (TPSA) is 9.23 Å². The zero-order valence-corrected chi connectivity index (χ0v) is 11.5. The number of hydrogen-bond acceptors (Lipinski definition) is 1. The smallest absolute Gasteiger partial charge is 0.120 e. The Morgan fingerprint density at radius 1 is 1.57 bits per heavy atom. The van der Waals surface area contributed by atoms with Crippen LogP contribution in [0.25, 0.3) is 5.76 Å².